The molecule has 5 nitrogen and oxygen atoms in total. The monoisotopic (exact) mass is 249 g/mol. The van der Waals surface area contributed by atoms with E-state index in [2.05, 4.69) is 23.6 Å². The van der Waals surface area contributed by atoms with Crippen LogP contribution in [0.2, 0.25) is 0 Å². The van der Waals surface area contributed by atoms with Crippen LogP contribution < -0.4 is 10.5 Å². The molecular formula is C10H23N3O2S. The lowest BCUT2D eigenvalue weighted by molar-refractivity contribution is 0.188. The van der Waals surface area contributed by atoms with Gasteiger partial charge in [-0.15, -0.1) is 0 Å². The minimum Gasteiger partial charge on any atom is -0.330 e. The number of hydrogen-bond acceptors (Lipinski definition) is 4. The number of likely N-dealkylation sites (tertiary alicyclic amines) is 1. The van der Waals surface area contributed by atoms with Gasteiger partial charge in [-0.2, -0.15) is 0 Å². The standard InChI is InChI=1S/C10H23N3O2S/c1-9-8-13(2)6-4-10(9)12-16(14,15)7-3-5-11/h9-10,12H,3-8,11H2,1-2H3. The lowest BCUT2D eigenvalue weighted by Crippen LogP contribution is -2.49. The molecule has 6 heteroatoms. The number of nitrogens with two attached hydrogens (primary N) is 1. The van der Waals surface area contributed by atoms with Crippen molar-refractivity contribution in [2.24, 2.45) is 11.7 Å². The fourth-order valence-electron chi connectivity index (χ4n) is 2.09. The lowest BCUT2D eigenvalue weighted by atomic mass is 9.95. The number of sulfonamides is 1. The summed E-state index contributed by atoms with van der Waals surface area (Å²) >= 11 is 0. The highest BCUT2D eigenvalue weighted by Gasteiger charge is 2.27. The van der Waals surface area contributed by atoms with Crippen LogP contribution in [0.5, 0.6) is 0 Å². The predicted octanol–water partition coefficient (Wildman–Crippen LogP) is -0.405. The summed E-state index contributed by atoms with van der Waals surface area (Å²) in [6.07, 6.45) is 1.41. The van der Waals surface area contributed by atoms with E-state index < -0.39 is 10.0 Å². The first-order valence-corrected chi connectivity index (χ1v) is 7.48. The normalized spacial score (nSPS) is 28.2. The second-order valence-corrected chi connectivity index (χ2v) is 6.59. The number of nitrogens with one attached hydrogen (secondary N) is 1. The number of nitrogens with zero attached hydrogens (tertiary/aromatic N) is 1. The Hall–Kier alpha value is -0.170. The Balaban J connectivity index is 2.47. The molecule has 0 radical (unpaired) electrons. The number of rotatable bonds is 5. The van der Waals surface area contributed by atoms with Crippen LogP contribution in [-0.4, -0.2) is 51.8 Å². The molecule has 2 atom stereocenters. The van der Waals surface area contributed by atoms with Crippen molar-refractivity contribution in [2.45, 2.75) is 25.8 Å². The third kappa shape index (κ3) is 4.37. The van der Waals surface area contributed by atoms with Gasteiger partial charge in [-0.1, -0.05) is 6.92 Å². The van der Waals surface area contributed by atoms with Crippen molar-refractivity contribution in [3.8, 4) is 0 Å². The summed E-state index contributed by atoms with van der Waals surface area (Å²) in [6, 6.07) is 0.0824. The molecule has 0 aromatic rings. The highest BCUT2D eigenvalue weighted by molar-refractivity contribution is 7.89. The third-order valence-electron chi connectivity index (χ3n) is 3.06. The molecule has 0 spiro atoms. The SMILES string of the molecule is CC1CN(C)CCC1NS(=O)(=O)CCCN. The molecule has 1 rings (SSSR count). The van der Waals surface area contributed by atoms with Crippen molar-refractivity contribution >= 4 is 10.0 Å². The largest absolute Gasteiger partial charge is 0.330 e. The first kappa shape index (κ1) is 13.9. The lowest BCUT2D eigenvalue weighted by Gasteiger charge is -2.34. The van der Waals surface area contributed by atoms with Crippen molar-refractivity contribution in [2.75, 3.05) is 32.4 Å². The van der Waals surface area contributed by atoms with Crippen LogP contribution in [0.3, 0.4) is 0 Å². The number of piperidine rings is 1. The molecule has 1 heterocycles. The average Bonchev–Trinajstić information content (AvgIpc) is 2.19. The second-order valence-electron chi connectivity index (χ2n) is 4.71. The summed E-state index contributed by atoms with van der Waals surface area (Å²) < 4.78 is 26.2. The highest BCUT2D eigenvalue weighted by Crippen LogP contribution is 2.16. The van der Waals surface area contributed by atoms with Gasteiger partial charge in [0.1, 0.15) is 0 Å². The molecule has 1 aliphatic rings. The number of hydrogen-bond donors (Lipinski definition) is 2. The van der Waals surface area contributed by atoms with Gasteiger partial charge in [0, 0.05) is 12.6 Å². The molecule has 2 unspecified atom stereocenters. The van der Waals surface area contributed by atoms with Crippen LogP contribution in [0.25, 0.3) is 0 Å². The Morgan fingerprint density at radius 1 is 1.50 bits per heavy atom. The van der Waals surface area contributed by atoms with E-state index in [1.165, 1.54) is 0 Å². The predicted molar refractivity (Wildman–Crippen MR) is 65.7 cm³/mol. The van der Waals surface area contributed by atoms with E-state index in [1.54, 1.807) is 0 Å². The van der Waals surface area contributed by atoms with E-state index in [4.69, 9.17) is 5.73 Å². The molecule has 16 heavy (non-hydrogen) atoms. The van der Waals surface area contributed by atoms with Gasteiger partial charge in [0.15, 0.2) is 0 Å². The van der Waals surface area contributed by atoms with Gasteiger partial charge < -0.3 is 10.6 Å². The highest BCUT2D eigenvalue weighted by atomic mass is 32.2. The average molecular weight is 249 g/mol. The first-order valence-electron chi connectivity index (χ1n) is 5.83. The van der Waals surface area contributed by atoms with Crippen LogP contribution in [0.1, 0.15) is 19.8 Å². The Kier molecular flexibility index (Phi) is 5.17. The minimum absolute atomic E-state index is 0.0824. The molecule has 1 aliphatic heterocycles. The van der Waals surface area contributed by atoms with Gasteiger partial charge in [0.25, 0.3) is 0 Å². The molecule has 0 bridgehead atoms. The molecule has 0 aromatic carbocycles. The van der Waals surface area contributed by atoms with Gasteiger partial charge in [0.2, 0.25) is 10.0 Å². The summed E-state index contributed by atoms with van der Waals surface area (Å²) in [5.74, 6) is 0.508. The summed E-state index contributed by atoms with van der Waals surface area (Å²) in [4.78, 5) is 2.23. The van der Waals surface area contributed by atoms with E-state index in [9.17, 15) is 8.42 Å². The molecule has 0 aromatic heterocycles. The third-order valence-corrected chi connectivity index (χ3v) is 4.54. The molecule has 0 aliphatic carbocycles. The first-order chi connectivity index (χ1) is 7.44. The Labute approximate surface area is 98.4 Å². The molecule has 96 valence electrons. The fourth-order valence-corrected chi connectivity index (χ4v) is 3.57. The van der Waals surface area contributed by atoms with Gasteiger partial charge in [-0.25, -0.2) is 13.1 Å². The fraction of sp³-hybridized carbons (Fsp3) is 1.00. The van der Waals surface area contributed by atoms with E-state index >= 15 is 0 Å². The zero-order valence-corrected chi connectivity index (χ0v) is 11.0. The van der Waals surface area contributed by atoms with Crippen molar-refractivity contribution in [3.05, 3.63) is 0 Å². The Morgan fingerprint density at radius 2 is 2.19 bits per heavy atom. The Morgan fingerprint density at radius 3 is 2.75 bits per heavy atom. The maximum atomic E-state index is 11.7. The smallest absolute Gasteiger partial charge is 0.211 e. The van der Waals surface area contributed by atoms with E-state index in [1.807, 2.05) is 0 Å². The zero-order chi connectivity index (χ0) is 12.2. The molecule has 3 N–H and O–H groups in total. The van der Waals surface area contributed by atoms with Gasteiger partial charge in [-0.3, -0.25) is 0 Å². The van der Waals surface area contributed by atoms with Crippen LogP contribution >= 0.6 is 0 Å². The molecule has 0 saturated carbocycles. The maximum absolute atomic E-state index is 11.7. The van der Waals surface area contributed by atoms with Gasteiger partial charge in [-0.05, 0) is 38.9 Å². The van der Waals surface area contributed by atoms with Crippen LogP contribution in [0.4, 0.5) is 0 Å². The van der Waals surface area contributed by atoms with Crippen molar-refractivity contribution in [3.63, 3.8) is 0 Å². The van der Waals surface area contributed by atoms with E-state index in [0.29, 0.717) is 18.9 Å². The zero-order valence-electron chi connectivity index (χ0n) is 10.1. The summed E-state index contributed by atoms with van der Waals surface area (Å²) in [5.41, 5.74) is 5.32. The quantitative estimate of drug-likeness (QED) is 0.695. The summed E-state index contributed by atoms with van der Waals surface area (Å²) in [7, 11) is -1.08. The van der Waals surface area contributed by atoms with Crippen LogP contribution in [0, 0.1) is 5.92 Å². The van der Waals surface area contributed by atoms with Crippen LogP contribution in [0.15, 0.2) is 0 Å². The van der Waals surface area contributed by atoms with Gasteiger partial charge >= 0.3 is 0 Å². The van der Waals surface area contributed by atoms with Crippen molar-refractivity contribution < 1.29 is 8.42 Å². The van der Waals surface area contributed by atoms with Crippen LogP contribution in [-0.2, 0) is 10.0 Å². The summed E-state index contributed by atoms with van der Waals surface area (Å²) in [6.45, 7) is 4.41. The molecule has 0 amide bonds. The summed E-state index contributed by atoms with van der Waals surface area (Å²) in [5, 5.41) is 0. The molecule has 1 fully saturated rings. The molecule has 1 saturated heterocycles. The minimum atomic E-state index is -3.14. The van der Waals surface area contributed by atoms with Crippen molar-refractivity contribution in [1.82, 2.24) is 9.62 Å². The van der Waals surface area contributed by atoms with Gasteiger partial charge in [0.05, 0.1) is 5.75 Å². The molecular weight excluding hydrogens is 226 g/mol. The topological polar surface area (TPSA) is 75.4 Å². The van der Waals surface area contributed by atoms with E-state index in [0.717, 1.165) is 19.5 Å². The second kappa shape index (κ2) is 5.95. The van der Waals surface area contributed by atoms with Crippen molar-refractivity contribution in [1.29, 1.82) is 0 Å². The van der Waals surface area contributed by atoms with E-state index in [-0.39, 0.29) is 11.8 Å². The Bertz CT molecular complexity index is 305. The maximum Gasteiger partial charge on any atom is 0.211 e.